The van der Waals surface area contributed by atoms with E-state index in [0.717, 1.165) is 10.8 Å². The Kier molecular flexibility index (Phi) is 3.63. The first-order valence-corrected chi connectivity index (χ1v) is 5.72. The molecule has 1 aromatic rings. The van der Waals surface area contributed by atoms with E-state index < -0.39 is 35.9 Å². The van der Waals surface area contributed by atoms with Crippen molar-refractivity contribution in [1.29, 1.82) is 0 Å². The Morgan fingerprint density at radius 2 is 2.40 bits per heavy atom. The molecule has 0 bridgehead atoms. The maximum absolute atomic E-state index is 11.7. The molecule has 1 aromatic heterocycles. The fraction of sp³-hybridized carbons (Fsp3) is 0.545. The minimum atomic E-state index is -1.80. The smallest absolute Gasteiger partial charge is 0.387 e. The molecule has 20 heavy (non-hydrogen) atoms. The fourth-order valence-electron chi connectivity index (χ4n) is 2.01. The van der Waals surface area contributed by atoms with Crippen LogP contribution in [0.3, 0.4) is 0 Å². The molecule has 1 aliphatic heterocycles. The van der Waals surface area contributed by atoms with Crippen molar-refractivity contribution in [2.75, 3.05) is 13.7 Å². The third kappa shape index (κ3) is 2.09. The zero-order valence-corrected chi connectivity index (χ0v) is 10.6. The van der Waals surface area contributed by atoms with Gasteiger partial charge < -0.3 is 14.9 Å². The van der Waals surface area contributed by atoms with E-state index in [1.807, 2.05) is 4.98 Å². The highest BCUT2D eigenvalue weighted by atomic mass is 16.6. The average molecular weight is 283 g/mol. The first-order chi connectivity index (χ1) is 9.47. The van der Waals surface area contributed by atoms with Crippen LogP contribution in [0.4, 0.5) is 0 Å². The average Bonchev–Trinajstić information content (AvgIpc) is 2.76. The number of hydrogen-bond donors (Lipinski definition) is 3. The Morgan fingerprint density at radius 1 is 1.70 bits per heavy atom. The molecule has 9 nitrogen and oxygen atoms in total. The highest BCUT2D eigenvalue weighted by Gasteiger charge is 2.55. The first kappa shape index (κ1) is 14.3. The van der Waals surface area contributed by atoms with Gasteiger partial charge in [-0.25, -0.2) is 11.4 Å². The lowest BCUT2D eigenvalue weighted by Crippen LogP contribution is -2.40. The molecule has 0 aromatic carbocycles. The zero-order chi connectivity index (χ0) is 14.9. The molecular formula is C11H13N3O6. The number of aromatic amines is 1. The van der Waals surface area contributed by atoms with Gasteiger partial charge in [-0.1, -0.05) is 0 Å². The number of ether oxygens (including phenoxy) is 2. The van der Waals surface area contributed by atoms with Crippen molar-refractivity contribution < 1.29 is 19.7 Å². The molecule has 2 rings (SSSR count). The van der Waals surface area contributed by atoms with Gasteiger partial charge in [-0.2, -0.15) is 0 Å². The van der Waals surface area contributed by atoms with Crippen LogP contribution in [0.1, 0.15) is 12.6 Å². The van der Waals surface area contributed by atoms with Crippen LogP contribution in [0.15, 0.2) is 15.8 Å². The molecule has 3 atom stereocenters. The van der Waals surface area contributed by atoms with Crippen LogP contribution >= 0.6 is 0 Å². The van der Waals surface area contributed by atoms with Crippen LogP contribution in [0.25, 0.3) is 4.85 Å². The Morgan fingerprint density at radius 3 is 2.90 bits per heavy atom. The molecule has 0 aliphatic carbocycles. The summed E-state index contributed by atoms with van der Waals surface area (Å²) >= 11 is 0. The fourth-order valence-corrected chi connectivity index (χ4v) is 2.01. The number of nitrogens with one attached hydrogen (secondary N) is 1. The summed E-state index contributed by atoms with van der Waals surface area (Å²) in [6.07, 6.45) is -1.17. The van der Waals surface area contributed by atoms with Gasteiger partial charge >= 0.3 is 11.4 Å². The van der Waals surface area contributed by atoms with Crippen molar-refractivity contribution in [2.24, 2.45) is 0 Å². The minimum Gasteiger partial charge on any atom is -0.490 e. The van der Waals surface area contributed by atoms with Gasteiger partial charge in [0.25, 0.3) is 5.56 Å². The third-order valence-electron chi connectivity index (χ3n) is 3.17. The molecule has 0 spiro atoms. The van der Waals surface area contributed by atoms with Crippen molar-refractivity contribution in [3.8, 4) is 5.75 Å². The van der Waals surface area contributed by atoms with E-state index in [4.69, 9.17) is 16.0 Å². The predicted octanol–water partition coefficient (Wildman–Crippen LogP) is -1.57. The van der Waals surface area contributed by atoms with E-state index in [-0.39, 0.29) is 12.2 Å². The number of nitrogens with zero attached hydrogens (tertiary/aromatic N) is 2. The number of methoxy groups -OCH3 is 1. The van der Waals surface area contributed by atoms with Crippen molar-refractivity contribution in [3.63, 3.8) is 0 Å². The zero-order valence-electron chi connectivity index (χ0n) is 10.6. The molecule has 108 valence electrons. The van der Waals surface area contributed by atoms with Crippen LogP contribution < -0.4 is 16.0 Å². The summed E-state index contributed by atoms with van der Waals surface area (Å²) in [4.78, 5) is 28.2. The molecule has 1 aliphatic rings. The monoisotopic (exact) mass is 283 g/mol. The summed E-state index contributed by atoms with van der Waals surface area (Å²) in [6.45, 7) is 6.30. The highest BCUT2D eigenvalue weighted by Crippen LogP contribution is 2.37. The van der Waals surface area contributed by atoms with Gasteiger partial charge in [0, 0.05) is 6.42 Å². The number of aliphatic hydroxyl groups is 2. The summed E-state index contributed by atoms with van der Waals surface area (Å²) in [5.41, 5.74) is -3.24. The lowest BCUT2D eigenvalue weighted by atomic mass is 10.1. The Labute approximate surface area is 112 Å². The van der Waals surface area contributed by atoms with E-state index in [1.165, 1.54) is 7.11 Å². The van der Waals surface area contributed by atoms with Crippen molar-refractivity contribution in [2.45, 2.75) is 24.5 Å². The standard InChI is InChI=1S/C11H13N3O6/c1-12-11(5-15)7(16)3-8(20-11)14-4-6(19-2)9(17)13-10(14)18/h4,7-8,15-16H,3,5H2,2H3,(H,13,17,18)/t7-,8+,11+/m0/s1. The van der Waals surface area contributed by atoms with E-state index >= 15 is 0 Å². The second-order valence-electron chi connectivity index (χ2n) is 4.30. The van der Waals surface area contributed by atoms with E-state index in [2.05, 4.69) is 4.85 Å². The molecule has 0 saturated carbocycles. The van der Waals surface area contributed by atoms with Crippen LogP contribution in [0.5, 0.6) is 5.75 Å². The van der Waals surface area contributed by atoms with Crippen molar-refractivity contribution in [3.05, 3.63) is 38.5 Å². The lowest BCUT2D eigenvalue weighted by Gasteiger charge is -2.17. The Bertz CT molecular complexity index is 659. The molecule has 0 amide bonds. The minimum absolute atomic E-state index is 0.0714. The molecule has 3 N–H and O–H groups in total. The Hall–Kier alpha value is -2.15. The number of aromatic nitrogens is 2. The number of hydrogen-bond acceptors (Lipinski definition) is 6. The second-order valence-corrected chi connectivity index (χ2v) is 4.30. The van der Waals surface area contributed by atoms with Crippen LogP contribution in [-0.4, -0.2) is 45.3 Å². The van der Waals surface area contributed by atoms with Crippen molar-refractivity contribution >= 4 is 0 Å². The topological polar surface area (TPSA) is 118 Å². The lowest BCUT2D eigenvalue weighted by molar-refractivity contribution is -0.0993. The molecule has 0 radical (unpaired) electrons. The van der Waals surface area contributed by atoms with Gasteiger partial charge in [-0.3, -0.25) is 23.9 Å². The SMILES string of the molecule is [C-]#[N+][C@]1(CO)O[C@@H](n2cc(OC)c(=O)[nH]c2=O)C[C@@H]1O. The summed E-state index contributed by atoms with van der Waals surface area (Å²) in [6, 6.07) is 0. The van der Waals surface area contributed by atoms with Crippen LogP contribution in [0.2, 0.25) is 0 Å². The molecular weight excluding hydrogens is 270 g/mol. The maximum atomic E-state index is 11.7. The third-order valence-corrected chi connectivity index (χ3v) is 3.17. The van der Waals surface area contributed by atoms with E-state index in [1.54, 1.807) is 0 Å². The number of aliphatic hydroxyl groups excluding tert-OH is 2. The highest BCUT2D eigenvalue weighted by molar-refractivity contribution is 5.13. The summed E-state index contributed by atoms with van der Waals surface area (Å²) in [5.74, 6) is -0.105. The van der Waals surface area contributed by atoms with Gasteiger partial charge in [0.1, 0.15) is 6.23 Å². The van der Waals surface area contributed by atoms with Crippen molar-refractivity contribution in [1.82, 2.24) is 9.55 Å². The molecule has 2 heterocycles. The quantitative estimate of drug-likeness (QED) is 0.577. The van der Waals surface area contributed by atoms with E-state index in [9.17, 15) is 19.8 Å². The maximum Gasteiger partial charge on any atom is 0.387 e. The van der Waals surface area contributed by atoms with Gasteiger partial charge in [0.2, 0.25) is 5.75 Å². The summed E-state index contributed by atoms with van der Waals surface area (Å²) in [5, 5.41) is 19.0. The van der Waals surface area contributed by atoms with Crippen LogP contribution in [-0.2, 0) is 4.74 Å². The molecule has 1 saturated heterocycles. The summed E-state index contributed by atoms with van der Waals surface area (Å²) < 4.78 is 11.1. The summed E-state index contributed by atoms with van der Waals surface area (Å²) in [7, 11) is 1.26. The first-order valence-electron chi connectivity index (χ1n) is 5.72. The number of H-pyrrole nitrogens is 1. The van der Waals surface area contributed by atoms with Crippen LogP contribution in [0, 0.1) is 6.57 Å². The normalized spacial score (nSPS) is 29.1. The Balaban J connectivity index is 2.43. The van der Waals surface area contributed by atoms with Gasteiger partial charge in [0.15, 0.2) is 12.7 Å². The van der Waals surface area contributed by atoms with E-state index in [0.29, 0.717) is 0 Å². The van der Waals surface area contributed by atoms with Gasteiger partial charge in [-0.15, -0.1) is 0 Å². The number of rotatable bonds is 3. The largest absolute Gasteiger partial charge is 0.490 e. The molecule has 9 heteroatoms. The molecule has 1 fully saturated rings. The molecule has 0 unspecified atom stereocenters. The van der Waals surface area contributed by atoms with Gasteiger partial charge in [0.05, 0.1) is 13.3 Å². The second kappa shape index (κ2) is 5.09. The predicted molar refractivity (Wildman–Crippen MR) is 65.0 cm³/mol. The van der Waals surface area contributed by atoms with Gasteiger partial charge in [-0.05, 0) is 0 Å².